The van der Waals surface area contributed by atoms with E-state index in [1.165, 1.54) is 32.1 Å². The first kappa shape index (κ1) is 27.3. The van der Waals surface area contributed by atoms with E-state index in [0.29, 0.717) is 24.2 Å². The van der Waals surface area contributed by atoms with E-state index >= 15 is 0 Å². The van der Waals surface area contributed by atoms with Crippen molar-refractivity contribution in [3.63, 3.8) is 0 Å². The third-order valence-corrected chi connectivity index (χ3v) is 4.86. The summed E-state index contributed by atoms with van der Waals surface area (Å²) in [6.07, 6.45) is 8.23. The highest BCUT2D eigenvalue weighted by Gasteiger charge is 2.03. The van der Waals surface area contributed by atoms with Gasteiger partial charge in [0.1, 0.15) is 0 Å². The number of unbranched alkanes of at least 4 members (excludes halogenated alkanes) is 4. The Bertz CT molecular complexity index is 461. The number of nitrogens with one attached hydrogen (secondary N) is 2. The molecule has 0 aromatic rings. The van der Waals surface area contributed by atoms with Gasteiger partial charge in [-0.1, -0.05) is 32.4 Å². The summed E-state index contributed by atoms with van der Waals surface area (Å²) in [4.78, 5) is 27.5. The molecule has 0 aliphatic rings. The van der Waals surface area contributed by atoms with Crippen molar-refractivity contribution in [3.8, 4) is 0 Å². The summed E-state index contributed by atoms with van der Waals surface area (Å²) in [5, 5.41) is 5.74. The number of amides is 2. The minimum atomic E-state index is -0.0483. The second-order valence-corrected chi connectivity index (χ2v) is 8.15. The monoisotopic (exact) mass is 408 g/mol. The first-order chi connectivity index (χ1) is 13.7. The zero-order valence-corrected chi connectivity index (χ0v) is 19.3. The average Bonchev–Trinajstić information content (AvgIpc) is 2.67. The molecule has 0 fully saturated rings. The average molecular weight is 409 g/mol. The first-order valence-corrected chi connectivity index (χ1v) is 11.0. The van der Waals surface area contributed by atoms with Crippen molar-refractivity contribution in [3.05, 3.63) is 24.3 Å². The quantitative estimate of drug-likeness (QED) is 0.270. The molecular weight excluding hydrogens is 364 g/mol. The van der Waals surface area contributed by atoms with Gasteiger partial charge in [0, 0.05) is 24.2 Å². The van der Waals surface area contributed by atoms with Crippen molar-refractivity contribution in [2.75, 3.05) is 53.4 Å². The predicted octanol–water partition coefficient (Wildman–Crippen LogP) is 2.97. The fraction of sp³-hybridized carbons (Fsp3) is 0.739. The highest BCUT2D eigenvalue weighted by molar-refractivity contribution is 5.92. The number of hydrogen-bond donors (Lipinski definition) is 2. The van der Waals surface area contributed by atoms with Gasteiger partial charge in [-0.2, -0.15) is 0 Å². The summed E-state index contributed by atoms with van der Waals surface area (Å²) in [6.45, 7) is 16.4. The molecule has 0 unspecified atom stereocenters. The van der Waals surface area contributed by atoms with Crippen LogP contribution in [0.15, 0.2) is 24.3 Å². The summed E-state index contributed by atoms with van der Waals surface area (Å²) >= 11 is 0. The van der Waals surface area contributed by atoms with E-state index in [9.17, 15) is 9.59 Å². The van der Waals surface area contributed by atoms with Crippen LogP contribution in [0, 0.1) is 0 Å². The summed E-state index contributed by atoms with van der Waals surface area (Å²) in [5.41, 5.74) is 1.13. The summed E-state index contributed by atoms with van der Waals surface area (Å²) in [5.74, 6) is -0.0966. The van der Waals surface area contributed by atoms with Crippen LogP contribution in [-0.4, -0.2) is 75.0 Å². The van der Waals surface area contributed by atoms with Gasteiger partial charge in [-0.05, 0) is 79.8 Å². The zero-order valence-electron chi connectivity index (χ0n) is 19.3. The van der Waals surface area contributed by atoms with Crippen LogP contribution in [0.3, 0.4) is 0 Å². The molecule has 0 rings (SSSR count). The van der Waals surface area contributed by atoms with Crippen LogP contribution < -0.4 is 10.6 Å². The van der Waals surface area contributed by atoms with Gasteiger partial charge in [-0.3, -0.25) is 9.59 Å². The lowest BCUT2D eigenvalue weighted by Crippen LogP contribution is -2.29. The summed E-state index contributed by atoms with van der Waals surface area (Å²) in [6, 6.07) is 0. The second kappa shape index (κ2) is 17.2. The Morgan fingerprint density at radius 3 is 1.28 bits per heavy atom. The molecule has 0 heterocycles. The molecule has 2 amide bonds. The molecule has 168 valence electrons. The topological polar surface area (TPSA) is 64.7 Å². The standard InChI is InChI=1S/C23H44N4O2/c1-20(2)22(28)24-14-12-18-26(5)16-10-8-7-9-11-17-27(6)19-13-15-25-23(29)21(3)4/h1,3,7-19H2,2,4-6H3,(H,24,28)(H,25,29). The van der Waals surface area contributed by atoms with Crippen LogP contribution in [0.1, 0.15) is 58.8 Å². The molecule has 0 bridgehead atoms. The van der Waals surface area contributed by atoms with Crippen LogP contribution in [0.4, 0.5) is 0 Å². The van der Waals surface area contributed by atoms with Crippen LogP contribution in [0.25, 0.3) is 0 Å². The first-order valence-electron chi connectivity index (χ1n) is 11.0. The zero-order chi connectivity index (χ0) is 22.1. The molecule has 2 N–H and O–H groups in total. The Morgan fingerprint density at radius 2 is 0.931 bits per heavy atom. The molecule has 0 aromatic heterocycles. The van der Waals surface area contributed by atoms with Gasteiger partial charge in [-0.15, -0.1) is 0 Å². The molecule has 0 atom stereocenters. The fourth-order valence-corrected chi connectivity index (χ4v) is 2.92. The Labute approximate surface area is 178 Å². The Kier molecular flexibility index (Phi) is 16.2. The van der Waals surface area contributed by atoms with E-state index in [2.05, 4.69) is 47.7 Å². The van der Waals surface area contributed by atoms with Gasteiger partial charge < -0.3 is 20.4 Å². The third kappa shape index (κ3) is 17.0. The Hall–Kier alpha value is -1.66. The van der Waals surface area contributed by atoms with E-state index in [1.54, 1.807) is 13.8 Å². The highest BCUT2D eigenvalue weighted by atomic mass is 16.2. The molecule has 6 nitrogen and oxygen atoms in total. The third-order valence-electron chi connectivity index (χ3n) is 4.86. The van der Waals surface area contributed by atoms with Crippen molar-refractivity contribution in [2.45, 2.75) is 58.8 Å². The maximum atomic E-state index is 11.4. The molecule has 29 heavy (non-hydrogen) atoms. The van der Waals surface area contributed by atoms with Crippen LogP contribution in [0.2, 0.25) is 0 Å². The number of hydrogen-bond acceptors (Lipinski definition) is 4. The lowest BCUT2D eigenvalue weighted by Gasteiger charge is -2.17. The van der Waals surface area contributed by atoms with Gasteiger partial charge >= 0.3 is 0 Å². The Morgan fingerprint density at radius 1 is 0.621 bits per heavy atom. The molecular formula is C23H44N4O2. The van der Waals surface area contributed by atoms with E-state index in [4.69, 9.17) is 0 Å². The molecule has 0 saturated carbocycles. The van der Waals surface area contributed by atoms with E-state index in [-0.39, 0.29) is 11.8 Å². The molecule has 0 aromatic carbocycles. The summed E-state index contributed by atoms with van der Waals surface area (Å²) < 4.78 is 0. The maximum absolute atomic E-state index is 11.4. The minimum absolute atomic E-state index is 0.0483. The van der Waals surface area contributed by atoms with E-state index in [1.807, 2.05) is 0 Å². The van der Waals surface area contributed by atoms with Crippen molar-refractivity contribution in [2.24, 2.45) is 0 Å². The number of carbonyl (C=O) groups is 2. The van der Waals surface area contributed by atoms with Gasteiger partial charge in [0.25, 0.3) is 0 Å². The van der Waals surface area contributed by atoms with Crippen LogP contribution in [-0.2, 0) is 9.59 Å². The number of rotatable bonds is 18. The molecule has 0 radical (unpaired) electrons. The minimum Gasteiger partial charge on any atom is -0.352 e. The van der Waals surface area contributed by atoms with Crippen molar-refractivity contribution in [1.82, 2.24) is 20.4 Å². The number of nitrogens with zero attached hydrogens (tertiary/aromatic N) is 2. The largest absolute Gasteiger partial charge is 0.352 e. The van der Waals surface area contributed by atoms with Gasteiger partial charge in [0.15, 0.2) is 0 Å². The normalized spacial score (nSPS) is 11.0. The fourth-order valence-electron chi connectivity index (χ4n) is 2.92. The van der Waals surface area contributed by atoms with Gasteiger partial charge in [0.2, 0.25) is 11.8 Å². The molecule has 0 saturated heterocycles. The van der Waals surface area contributed by atoms with E-state index < -0.39 is 0 Å². The van der Waals surface area contributed by atoms with Crippen LogP contribution in [0.5, 0.6) is 0 Å². The van der Waals surface area contributed by atoms with E-state index in [0.717, 1.165) is 39.0 Å². The molecule has 0 spiro atoms. The number of carbonyl (C=O) groups excluding carboxylic acids is 2. The predicted molar refractivity (Wildman–Crippen MR) is 123 cm³/mol. The maximum Gasteiger partial charge on any atom is 0.246 e. The SMILES string of the molecule is C=C(C)C(=O)NCCCN(C)CCCCCCCN(C)CCCNC(=O)C(=C)C. The van der Waals surface area contributed by atoms with Gasteiger partial charge in [-0.25, -0.2) is 0 Å². The van der Waals surface area contributed by atoms with Crippen molar-refractivity contribution in [1.29, 1.82) is 0 Å². The second-order valence-electron chi connectivity index (χ2n) is 8.15. The molecule has 6 heteroatoms. The highest BCUT2D eigenvalue weighted by Crippen LogP contribution is 2.05. The van der Waals surface area contributed by atoms with Gasteiger partial charge in [0.05, 0.1) is 0 Å². The van der Waals surface area contributed by atoms with Crippen molar-refractivity contribution >= 4 is 11.8 Å². The lowest BCUT2D eigenvalue weighted by molar-refractivity contribution is -0.118. The van der Waals surface area contributed by atoms with Crippen LogP contribution >= 0.6 is 0 Å². The Balaban J connectivity index is 3.44. The molecule has 0 aliphatic heterocycles. The summed E-state index contributed by atoms with van der Waals surface area (Å²) in [7, 11) is 4.29. The molecule has 0 aliphatic carbocycles. The smallest absolute Gasteiger partial charge is 0.246 e. The van der Waals surface area contributed by atoms with Crippen molar-refractivity contribution < 1.29 is 9.59 Å². The lowest BCUT2D eigenvalue weighted by atomic mass is 10.1.